The third kappa shape index (κ3) is 4.40. The van der Waals surface area contributed by atoms with E-state index in [1.165, 1.54) is 10.5 Å². The highest BCUT2D eigenvalue weighted by Crippen LogP contribution is 2.17. The second-order valence-electron chi connectivity index (χ2n) is 4.44. The summed E-state index contributed by atoms with van der Waals surface area (Å²) in [6, 6.07) is 10.5. The lowest BCUT2D eigenvalue weighted by Crippen LogP contribution is -2.11. The molecule has 3 nitrogen and oxygen atoms in total. The summed E-state index contributed by atoms with van der Waals surface area (Å²) in [4.78, 5) is 1.32. The van der Waals surface area contributed by atoms with Crippen molar-refractivity contribution in [3.8, 4) is 0 Å². The highest BCUT2D eigenvalue weighted by Gasteiger charge is 2.04. The summed E-state index contributed by atoms with van der Waals surface area (Å²) in [7, 11) is 0. The molecule has 0 bridgehead atoms. The number of hydrogen-bond donors (Lipinski definition) is 1. The molecule has 0 aliphatic heterocycles. The van der Waals surface area contributed by atoms with Crippen molar-refractivity contribution in [1.82, 2.24) is 15.1 Å². The largest absolute Gasteiger partial charge is 0.313 e. The Labute approximate surface area is 119 Å². The van der Waals surface area contributed by atoms with Gasteiger partial charge in [-0.2, -0.15) is 5.10 Å². The van der Waals surface area contributed by atoms with Crippen LogP contribution in [0, 0.1) is 6.92 Å². The number of nitrogens with zero attached hydrogens (tertiary/aromatic N) is 2. The molecule has 0 saturated heterocycles. The molecule has 0 aliphatic rings. The molecular weight excluding hydrogens is 254 g/mol. The van der Waals surface area contributed by atoms with Gasteiger partial charge in [-0.1, -0.05) is 25.1 Å². The zero-order valence-corrected chi connectivity index (χ0v) is 12.4. The first kappa shape index (κ1) is 14.2. The number of aryl methyl sites for hydroxylation is 2. The molecule has 2 rings (SSSR count). The lowest BCUT2D eigenvalue weighted by atomic mass is 10.2. The maximum atomic E-state index is 4.56. The Kier molecular flexibility index (Phi) is 5.48. The van der Waals surface area contributed by atoms with E-state index in [1.54, 1.807) is 0 Å². The SMILES string of the molecule is CCNCc1cn(CCSc2ccccc2)nc1C. The van der Waals surface area contributed by atoms with E-state index >= 15 is 0 Å². The lowest BCUT2D eigenvalue weighted by Gasteiger charge is -2.02. The molecule has 0 unspecified atom stereocenters. The summed E-state index contributed by atoms with van der Waals surface area (Å²) < 4.78 is 2.05. The van der Waals surface area contributed by atoms with Crippen LogP contribution in [0.5, 0.6) is 0 Å². The Morgan fingerprint density at radius 1 is 1.26 bits per heavy atom. The molecule has 19 heavy (non-hydrogen) atoms. The van der Waals surface area contributed by atoms with Gasteiger partial charge in [-0.25, -0.2) is 0 Å². The highest BCUT2D eigenvalue weighted by molar-refractivity contribution is 7.99. The molecule has 1 aromatic heterocycles. The van der Waals surface area contributed by atoms with Gasteiger partial charge in [0.25, 0.3) is 0 Å². The lowest BCUT2D eigenvalue weighted by molar-refractivity contribution is 0.658. The average Bonchev–Trinajstić information content (AvgIpc) is 2.78. The molecule has 0 amide bonds. The Morgan fingerprint density at radius 2 is 2.05 bits per heavy atom. The van der Waals surface area contributed by atoms with Crippen LogP contribution in [0.2, 0.25) is 0 Å². The third-order valence-electron chi connectivity index (χ3n) is 2.95. The van der Waals surface area contributed by atoms with Crippen molar-refractivity contribution in [2.24, 2.45) is 0 Å². The third-order valence-corrected chi connectivity index (χ3v) is 3.94. The Morgan fingerprint density at radius 3 is 2.79 bits per heavy atom. The van der Waals surface area contributed by atoms with Crippen LogP contribution in [0.4, 0.5) is 0 Å². The molecule has 4 heteroatoms. The summed E-state index contributed by atoms with van der Waals surface area (Å²) in [5, 5.41) is 7.90. The van der Waals surface area contributed by atoms with Crippen LogP contribution in [0.1, 0.15) is 18.2 Å². The number of benzene rings is 1. The molecule has 1 N–H and O–H groups in total. The normalized spacial score (nSPS) is 10.8. The van der Waals surface area contributed by atoms with Crippen molar-refractivity contribution in [2.45, 2.75) is 31.8 Å². The molecule has 2 aromatic rings. The fraction of sp³-hybridized carbons (Fsp3) is 0.400. The first-order chi connectivity index (χ1) is 9.29. The van der Waals surface area contributed by atoms with Crippen molar-refractivity contribution in [2.75, 3.05) is 12.3 Å². The second kappa shape index (κ2) is 7.36. The number of nitrogens with one attached hydrogen (secondary N) is 1. The van der Waals surface area contributed by atoms with Gasteiger partial charge in [0, 0.05) is 29.0 Å². The van der Waals surface area contributed by atoms with E-state index in [0.29, 0.717) is 0 Å². The molecule has 1 heterocycles. The van der Waals surface area contributed by atoms with Gasteiger partial charge in [-0.05, 0) is 25.6 Å². The molecule has 102 valence electrons. The van der Waals surface area contributed by atoms with E-state index in [-0.39, 0.29) is 0 Å². The molecule has 0 aliphatic carbocycles. The van der Waals surface area contributed by atoms with Gasteiger partial charge in [-0.15, -0.1) is 11.8 Å². The van der Waals surface area contributed by atoms with E-state index in [0.717, 1.165) is 31.1 Å². The van der Waals surface area contributed by atoms with Crippen LogP contribution in [-0.2, 0) is 13.1 Å². The van der Waals surface area contributed by atoms with Crippen LogP contribution in [0.15, 0.2) is 41.4 Å². The monoisotopic (exact) mass is 275 g/mol. The fourth-order valence-corrected chi connectivity index (χ4v) is 2.74. The number of hydrogen-bond acceptors (Lipinski definition) is 3. The number of aromatic nitrogens is 2. The van der Waals surface area contributed by atoms with Crippen molar-refractivity contribution in [3.63, 3.8) is 0 Å². The quantitative estimate of drug-likeness (QED) is 0.788. The summed E-state index contributed by atoms with van der Waals surface area (Å²) in [5.41, 5.74) is 2.43. The molecule has 1 aromatic carbocycles. The molecule has 0 saturated carbocycles. The molecule has 0 radical (unpaired) electrons. The summed E-state index contributed by atoms with van der Waals surface area (Å²) in [5.74, 6) is 1.05. The first-order valence-electron chi connectivity index (χ1n) is 6.71. The fourth-order valence-electron chi connectivity index (χ4n) is 1.88. The highest BCUT2D eigenvalue weighted by atomic mass is 32.2. The van der Waals surface area contributed by atoms with E-state index < -0.39 is 0 Å². The summed E-state index contributed by atoms with van der Waals surface area (Å²) in [6.45, 7) is 7.05. The van der Waals surface area contributed by atoms with Gasteiger partial charge in [0.05, 0.1) is 12.2 Å². The minimum atomic E-state index is 0.911. The Balaban J connectivity index is 1.83. The van der Waals surface area contributed by atoms with Gasteiger partial charge in [0.15, 0.2) is 0 Å². The maximum absolute atomic E-state index is 4.56. The first-order valence-corrected chi connectivity index (χ1v) is 7.69. The van der Waals surface area contributed by atoms with Gasteiger partial charge in [-0.3, -0.25) is 4.68 Å². The molecule has 0 fully saturated rings. The predicted octanol–water partition coefficient (Wildman–Crippen LogP) is 3.09. The van der Waals surface area contributed by atoms with E-state index in [4.69, 9.17) is 0 Å². The van der Waals surface area contributed by atoms with Gasteiger partial charge in [0.2, 0.25) is 0 Å². The predicted molar refractivity (Wildman–Crippen MR) is 81.5 cm³/mol. The number of thioether (sulfide) groups is 1. The standard InChI is InChI=1S/C15H21N3S/c1-3-16-11-14-12-18(17-13(14)2)9-10-19-15-7-5-4-6-8-15/h4-8,12,16H,3,9-11H2,1-2H3. The maximum Gasteiger partial charge on any atom is 0.0638 e. The van der Waals surface area contributed by atoms with Crippen LogP contribution < -0.4 is 5.32 Å². The summed E-state index contributed by atoms with van der Waals surface area (Å²) >= 11 is 1.87. The zero-order chi connectivity index (χ0) is 13.5. The number of rotatable bonds is 7. The van der Waals surface area contributed by atoms with Crippen molar-refractivity contribution in [1.29, 1.82) is 0 Å². The smallest absolute Gasteiger partial charge is 0.0638 e. The molecular formula is C15H21N3S. The Bertz CT molecular complexity index is 493. The van der Waals surface area contributed by atoms with Crippen molar-refractivity contribution in [3.05, 3.63) is 47.8 Å². The van der Waals surface area contributed by atoms with Crippen LogP contribution >= 0.6 is 11.8 Å². The van der Waals surface area contributed by atoms with Crippen LogP contribution in [-0.4, -0.2) is 22.1 Å². The Hall–Kier alpha value is -1.26. The van der Waals surface area contributed by atoms with Crippen molar-refractivity contribution >= 4 is 11.8 Å². The van der Waals surface area contributed by atoms with Gasteiger partial charge >= 0.3 is 0 Å². The minimum absolute atomic E-state index is 0.911. The topological polar surface area (TPSA) is 29.9 Å². The van der Waals surface area contributed by atoms with Crippen molar-refractivity contribution < 1.29 is 0 Å². The van der Waals surface area contributed by atoms with Gasteiger partial charge < -0.3 is 5.32 Å². The molecule has 0 atom stereocenters. The molecule has 0 spiro atoms. The minimum Gasteiger partial charge on any atom is -0.313 e. The summed E-state index contributed by atoms with van der Waals surface area (Å²) in [6.07, 6.45) is 2.16. The van der Waals surface area contributed by atoms with Gasteiger partial charge in [0.1, 0.15) is 0 Å². The zero-order valence-electron chi connectivity index (χ0n) is 11.6. The van der Waals surface area contributed by atoms with E-state index in [2.05, 4.69) is 59.4 Å². The second-order valence-corrected chi connectivity index (χ2v) is 5.61. The van der Waals surface area contributed by atoms with Crippen LogP contribution in [0.3, 0.4) is 0 Å². The van der Waals surface area contributed by atoms with E-state index in [9.17, 15) is 0 Å². The van der Waals surface area contributed by atoms with E-state index in [1.807, 2.05) is 17.8 Å². The van der Waals surface area contributed by atoms with Crippen LogP contribution in [0.25, 0.3) is 0 Å². The average molecular weight is 275 g/mol.